The zero-order valence-electron chi connectivity index (χ0n) is 12.9. The number of halogens is 1. The van der Waals surface area contributed by atoms with E-state index in [1.807, 2.05) is 18.2 Å². The molecule has 0 radical (unpaired) electrons. The summed E-state index contributed by atoms with van der Waals surface area (Å²) in [6.07, 6.45) is 12.1. The lowest BCUT2D eigenvalue weighted by Crippen LogP contribution is -2.31. The first kappa shape index (κ1) is 18.5. The summed E-state index contributed by atoms with van der Waals surface area (Å²) in [5.74, 6) is 0.372. The monoisotopic (exact) mass is 324 g/mol. The molecule has 1 aromatic rings. The number of aromatic nitrogens is 1. The number of piperidine rings is 1. The van der Waals surface area contributed by atoms with Crippen LogP contribution >= 0.6 is 12.4 Å². The fraction of sp³-hybridized carbons (Fsp3) is 0.500. The number of likely N-dealkylation sites (tertiary alicyclic amines) is 1. The normalized spacial score (nSPS) is 16.5. The average molecular weight is 325 g/mol. The van der Waals surface area contributed by atoms with Crippen molar-refractivity contribution in [3.63, 3.8) is 0 Å². The zero-order valence-corrected chi connectivity index (χ0v) is 13.7. The molecule has 122 valence electrons. The van der Waals surface area contributed by atoms with Crippen LogP contribution in [0.3, 0.4) is 0 Å². The largest absolute Gasteiger partial charge is 0.394 e. The summed E-state index contributed by atoms with van der Waals surface area (Å²) < 4.78 is 0. The highest BCUT2D eigenvalue weighted by Gasteiger charge is 2.08. The van der Waals surface area contributed by atoms with Crippen molar-refractivity contribution in [2.24, 2.45) is 10.9 Å². The van der Waals surface area contributed by atoms with Crippen LogP contribution in [0.15, 0.2) is 35.8 Å². The van der Waals surface area contributed by atoms with E-state index in [2.05, 4.69) is 15.0 Å². The Balaban J connectivity index is 0.00000242. The van der Waals surface area contributed by atoms with E-state index in [0.29, 0.717) is 12.4 Å². The maximum Gasteiger partial charge on any atom is 0.162 e. The molecule has 0 spiro atoms. The molecule has 0 aliphatic carbocycles. The number of nitrogens with two attached hydrogens (primary N) is 1. The second-order valence-electron chi connectivity index (χ2n) is 5.22. The molecule has 0 atom stereocenters. The van der Waals surface area contributed by atoms with Gasteiger partial charge in [0.1, 0.15) is 6.61 Å². The molecule has 1 aliphatic heterocycles. The standard InChI is InChI=1S/C16H24N4O.ClH/c17-16(8-7-15-6-4-9-18-14-15)19-21-13-5-12-20-10-2-1-3-11-20;/h4,6-9,14H,1-3,5,10-13H2,(H2,17,19);1H. The molecule has 2 heterocycles. The highest BCUT2D eigenvalue weighted by atomic mass is 35.5. The van der Waals surface area contributed by atoms with Crippen LogP contribution in [0.4, 0.5) is 0 Å². The van der Waals surface area contributed by atoms with Crippen molar-refractivity contribution >= 4 is 24.3 Å². The second-order valence-corrected chi connectivity index (χ2v) is 5.22. The molecule has 2 rings (SSSR count). The fourth-order valence-electron chi connectivity index (χ4n) is 2.34. The molecule has 1 aliphatic rings. The smallest absolute Gasteiger partial charge is 0.162 e. The van der Waals surface area contributed by atoms with Gasteiger partial charge in [0.2, 0.25) is 0 Å². The maximum absolute atomic E-state index is 5.75. The first-order valence-corrected chi connectivity index (χ1v) is 7.60. The Labute approximate surface area is 138 Å². The van der Waals surface area contributed by atoms with Gasteiger partial charge in [-0.1, -0.05) is 17.6 Å². The van der Waals surface area contributed by atoms with Crippen LogP contribution in [0.5, 0.6) is 0 Å². The van der Waals surface area contributed by atoms with Gasteiger partial charge in [0.05, 0.1) is 0 Å². The fourth-order valence-corrected chi connectivity index (χ4v) is 2.34. The number of hydrogen-bond donors (Lipinski definition) is 1. The van der Waals surface area contributed by atoms with Crippen molar-refractivity contribution in [3.05, 3.63) is 36.2 Å². The minimum atomic E-state index is 0. The molecule has 0 saturated carbocycles. The van der Waals surface area contributed by atoms with Gasteiger partial charge in [-0.25, -0.2) is 0 Å². The van der Waals surface area contributed by atoms with Gasteiger partial charge in [-0.05, 0) is 56.1 Å². The van der Waals surface area contributed by atoms with Crippen molar-refractivity contribution in [2.75, 3.05) is 26.2 Å². The van der Waals surface area contributed by atoms with Crippen molar-refractivity contribution in [2.45, 2.75) is 25.7 Å². The summed E-state index contributed by atoms with van der Waals surface area (Å²) in [7, 11) is 0. The highest BCUT2D eigenvalue weighted by Crippen LogP contribution is 2.08. The van der Waals surface area contributed by atoms with Crippen molar-refractivity contribution in [1.82, 2.24) is 9.88 Å². The number of nitrogens with zero attached hydrogens (tertiary/aromatic N) is 3. The van der Waals surface area contributed by atoms with Crippen molar-refractivity contribution in [3.8, 4) is 0 Å². The molecule has 0 bridgehead atoms. The van der Waals surface area contributed by atoms with Crippen molar-refractivity contribution in [1.29, 1.82) is 0 Å². The topological polar surface area (TPSA) is 63.7 Å². The van der Waals surface area contributed by atoms with Crippen LogP contribution in [-0.2, 0) is 4.84 Å². The van der Waals surface area contributed by atoms with E-state index in [9.17, 15) is 0 Å². The molecule has 22 heavy (non-hydrogen) atoms. The van der Waals surface area contributed by atoms with E-state index < -0.39 is 0 Å². The van der Waals surface area contributed by atoms with E-state index in [1.165, 1.54) is 32.4 Å². The molecule has 1 fully saturated rings. The van der Waals surface area contributed by atoms with Gasteiger partial charge in [-0.3, -0.25) is 4.98 Å². The van der Waals surface area contributed by atoms with Crippen LogP contribution in [0, 0.1) is 0 Å². The summed E-state index contributed by atoms with van der Waals surface area (Å²) in [4.78, 5) is 11.8. The van der Waals surface area contributed by atoms with Crippen LogP contribution < -0.4 is 5.73 Å². The third-order valence-corrected chi connectivity index (χ3v) is 3.46. The van der Waals surface area contributed by atoms with Crippen LogP contribution in [0.25, 0.3) is 6.08 Å². The lowest BCUT2D eigenvalue weighted by Gasteiger charge is -2.25. The molecule has 1 aromatic heterocycles. The van der Waals surface area contributed by atoms with Gasteiger partial charge in [0.25, 0.3) is 0 Å². The molecule has 0 unspecified atom stereocenters. The molecular formula is C16H25ClN4O. The number of pyridine rings is 1. The van der Waals surface area contributed by atoms with Gasteiger partial charge >= 0.3 is 0 Å². The predicted octanol–water partition coefficient (Wildman–Crippen LogP) is 2.68. The lowest BCUT2D eigenvalue weighted by molar-refractivity contribution is 0.124. The van der Waals surface area contributed by atoms with E-state index in [0.717, 1.165) is 18.5 Å². The Kier molecular flexibility index (Phi) is 9.26. The summed E-state index contributed by atoms with van der Waals surface area (Å²) in [6, 6.07) is 3.83. The third-order valence-electron chi connectivity index (χ3n) is 3.46. The molecule has 2 N–H and O–H groups in total. The zero-order chi connectivity index (χ0) is 14.8. The van der Waals surface area contributed by atoms with E-state index >= 15 is 0 Å². The van der Waals surface area contributed by atoms with Gasteiger partial charge in [-0.2, -0.15) is 0 Å². The first-order valence-electron chi connectivity index (χ1n) is 7.60. The van der Waals surface area contributed by atoms with E-state index in [1.54, 1.807) is 18.5 Å². The quantitative estimate of drug-likeness (QED) is 0.362. The Morgan fingerprint density at radius 3 is 2.91 bits per heavy atom. The summed E-state index contributed by atoms with van der Waals surface area (Å²) in [5, 5.41) is 3.89. The summed E-state index contributed by atoms with van der Waals surface area (Å²) >= 11 is 0. The predicted molar refractivity (Wildman–Crippen MR) is 93.0 cm³/mol. The Hall–Kier alpha value is -1.59. The molecule has 1 saturated heterocycles. The van der Waals surface area contributed by atoms with Gasteiger partial charge < -0.3 is 15.5 Å². The number of rotatable bonds is 7. The van der Waals surface area contributed by atoms with Gasteiger partial charge in [0.15, 0.2) is 5.84 Å². The molecule has 0 amide bonds. The Morgan fingerprint density at radius 2 is 2.18 bits per heavy atom. The molecule has 6 heteroatoms. The van der Waals surface area contributed by atoms with E-state index in [4.69, 9.17) is 10.6 Å². The molecule has 0 aromatic carbocycles. The lowest BCUT2D eigenvalue weighted by atomic mass is 10.1. The number of amidine groups is 1. The molecule has 5 nitrogen and oxygen atoms in total. The Morgan fingerprint density at radius 1 is 1.36 bits per heavy atom. The van der Waals surface area contributed by atoms with Crippen molar-refractivity contribution < 1.29 is 4.84 Å². The maximum atomic E-state index is 5.75. The van der Waals surface area contributed by atoms with Gasteiger partial charge in [0, 0.05) is 18.9 Å². The summed E-state index contributed by atoms with van der Waals surface area (Å²) in [5.41, 5.74) is 6.74. The minimum Gasteiger partial charge on any atom is -0.394 e. The summed E-state index contributed by atoms with van der Waals surface area (Å²) in [6.45, 7) is 4.14. The second kappa shape index (κ2) is 11.0. The first-order chi connectivity index (χ1) is 10.3. The SMILES string of the molecule is Cl.NC(C=Cc1cccnc1)=NOCCCN1CCCCC1. The third kappa shape index (κ3) is 7.43. The number of oxime groups is 1. The number of hydrogen-bond acceptors (Lipinski definition) is 4. The average Bonchev–Trinajstić information content (AvgIpc) is 2.54. The minimum absolute atomic E-state index is 0. The Bertz CT molecular complexity index is 458. The van der Waals surface area contributed by atoms with Crippen LogP contribution in [0.2, 0.25) is 0 Å². The van der Waals surface area contributed by atoms with Crippen LogP contribution in [0.1, 0.15) is 31.2 Å². The van der Waals surface area contributed by atoms with E-state index in [-0.39, 0.29) is 12.4 Å². The van der Waals surface area contributed by atoms with Crippen LogP contribution in [-0.4, -0.2) is 42.0 Å². The molecular weight excluding hydrogens is 300 g/mol. The van der Waals surface area contributed by atoms with Gasteiger partial charge in [-0.15, -0.1) is 12.4 Å². The highest BCUT2D eigenvalue weighted by molar-refractivity contribution is 5.94.